The maximum absolute atomic E-state index is 6.11. The van der Waals surface area contributed by atoms with E-state index in [4.69, 9.17) is 32.7 Å². The third kappa shape index (κ3) is 5.35. The third-order valence-corrected chi connectivity index (χ3v) is 5.12. The number of rotatable bonds is 8. The molecule has 0 aliphatic carbocycles. The number of allylic oxidation sites excluding steroid dienone is 1. The Kier molecular flexibility index (Phi) is 7.62. The summed E-state index contributed by atoms with van der Waals surface area (Å²) in [6.45, 7) is 2.67. The molecule has 0 spiro atoms. The van der Waals surface area contributed by atoms with Gasteiger partial charge in [-0.25, -0.2) is 0 Å². The highest BCUT2D eigenvalue weighted by Gasteiger charge is 2.13. The van der Waals surface area contributed by atoms with Crippen molar-refractivity contribution in [2.45, 2.75) is 13.3 Å². The minimum absolute atomic E-state index is 0.468. The van der Waals surface area contributed by atoms with Crippen molar-refractivity contribution in [2.24, 2.45) is 0 Å². The number of halogens is 2. The fourth-order valence-corrected chi connectivity index (χ4v) is 3.53. The number of benzene rings is 3. The van der Waals surface area contributed by atoms with E-state index in [1.54, 1.807) is 7.11 Å². The number of hydrogen-bond donors (Lipinski definition) is 0. The van der Waals surface area contributed by atoms with Crippen molar-refractivity contribution >= 4 is 34.3 Å². The molecule has 150 valence electrons. The van der Waals surface area contributed by atoms with Crippen LogP contribution in [-0.2, 0) is 0 Å². The molecule has 3 aromatic carbocycles. The highest BCUT2D eigenvalue weighted by molar-refractivity contribution is 6.30. The molecule has 0 radical (unpaired) electrons. The van der Waals surface area contributed by atoms with Crippen LogP contribution >= 0.6 is 23.2 Å². The molecule has 4 heteroatoms. The van der Waals surface area contributed by atoms with Crippen molar-refractivity contribution in [3.05, 3.63) is 94.5 Å². The second kappa shape index (κ2) is 10.4. The van der Waals surface area contributed by atoms with Gasteiger partial charge in [0.05, 0.1) is 13.0 Å². The number of hydrogen-bond acceptors (Lipinski definition) is 2. The highest BCUT2D eigenvalue weighted by atomic mass is 35.5. The maximum atomic E-state index is 6.11. The van der Waals surface area contributed by atoms with Gasteiger partial charge in [0.1, 0.15) is 18.1 Å². The first-order chi connectivity index (χ1) is 14.2. The first-order valence-electron chi connectivity index (χ1n) is 9.59. The lowest BCUT2D eigenvalue weighted by molar-refractivity contribution is 0.343. The van der Waals surface area contributed by atoms with E-state index in [1.165, 1.54) is 11.1 Å². The summed E-state index contributed by atoms with van der Waals surface area (Å²) in [5.74, 6) is 2.12. The molecular weight excluding hydrogens is 403 g/mol. The van der Waals surface area contributed by atoms with Gasteiger partial charge < -0.3 is 9.47 Å². The van der Waals surface area contributed by atoms with Crippen LogP contribution in [0.25, 0.3) is 11.1 Å². The van der Waals surface area contributed by atoms with E-state index in [2.05, 4.69) is 43.3 Å². The molecule has 0 aliphatic rings. The van der Waals surface area contributed by atoms with Crippen LogP contribution in [0.2, 0.25) is 5.02 Å². The summed E-state index contributed by atoms with van der Waals surface area (Å²) in [4.78, 5) is 0. The molecule has 0 saturated heterocycles. The molecule has 0 bridgehead atoms. The number of ether oxygens (including phenoxy) is 2. The number of alkyl halides is 1. The SMILES string of the molecule is CCC(=C(c1ccc(OC)cc1)c1ccc(OCCCl)cc1)c1ccc(Cl)cc1. The lowest BCUT2D eigenvalue weighted by Crippen LogP contribution is -1.99. The van der Waals surface area contributed by atoms with Crippen LogP contribution in [-0.4, -0.2) is 19.6 Å². The van der Waals surface area contributed by atoms with Gasteiger partial charge in [-0.1, -0.05) is 54.9 Å². The fraction of sp³-hybridized carbons (Fsp3) is 0.200. The lowest BCUT2D eigenvalue weighted by Gasteiger charge is -2.17. The Bertz CT molecular complexity index is 944. The number of methoxy groups -OCH3 is 1. The second-order valence-corrected chi connectivity index (χ2v) is 7.32. The first kappa shape index (κ1) is 21.3. The van der Waals surface area contributed by atoms with Crippen LogP contribution in [0.5, 0.6) is 11.5 Å². The van der Waals surface area contributed by atoms with Gasteiger partial charge in [-0.05, 0) is 70.7 Å². The molecule has 0 aliphatic heterocycles. The van der Waals surface area contributed by atoms with Gasteiger partial charge in [0.25, 0.3) is 0 Å². The van der Waals surface area contributed by atoms with Gasteiger partial charge in [0.15, 0.2) is 0 Å². The summed E-state index contributed by atoms with van der Waals surface area (Å²) < 4.78 is 11.0. The average Bonchev–Trinajstić information content (AvgIpc) is 2.77. The molecule has 0 heterocycles. The zero-order valence-electron chi connectivity index (χ0n) is 16.6. The molecule has 0 amide bonds. The van der Waals surface area contributed by atoms with E-state index < -0.39 is 0 Å². The lowest BCUT2D eigenvalue weighted by atomic mass is 9.88. The van der Waals surface area contributed by atoms with Crippen LogP contribution in [0.3, 0.4) is 0 Å². The molecular formula is C25H24Cl2O2. The molecule has 0 N–H and O–H groups in total. The maximum Gasteiger partial charge on any atom is 0.119 e. The van der Waals surface area contributed by atoms with E-state index in [0.717, 1.165) is 39.6 Å². The molecule has 0 aromatic heterocycles. The Hall–Kier alpha value is -2.42. The summed E-state index contributed by atoms with van der Waals surface area (Å²) in [5.41, 5.74) is 5.85. The van der Waals surface area contributed by atoms with Gasteiger partial charge in [0, 0.05) is 5.02 Å². The van der Waals surface area contributed by atoms with Gasteiger partial charge in [0.2, 0.25) is 0 Å². The third-order valence-electron chi connectivity index (χ3n) is 4.72. The van der Waals surface area contributed by atoms with Crippen molar-refractivity contribution in [3.8, 4) is 11.5 Å². The monoisotopic (exact) mass is 426 g/mol. The normalized spacial score (nSPS) is 11.7. The summed E-state index contributed by atoms with van der Waals surface area (Å²) in [6, 6.07) is 24.3. The zero-order valence-corrected chi connectivity index (χ0v) is 18.1. The van der Waals surface area contributed by atoms with Crippen molar-refractivity contribution in [2.75, 3.05) is 19.6 Å². The van der Waals surface area contributed by atoms with Crippen molar-refractivity contribution in [3.63, 3.8) is 0 Å². The molecule has 0 fully saturated rings. The molecule has 0 unspecified atom stereocenters. The predicted octanol–water partition coefficient (Wildman–Crippen LogP) is 7.34. The molecule has 3 aromatic rings. The predicted molar refractivity (Wildman–Crippen MR) is 123 cm³/mol. The standard InChI is InChI=1S/C25H24Cl2O2/c1-3-24(18-4-10-21(27)11-5-18)25(19-6-12-22(28-2)13-7-19)20-8-14-23(15-9-20)29-17-16-26/h4-15H,3,16-17H2,1-2H3. The Morgan fingerprint density at radius 2 is 1.28 bits per heavy atom. The van der Waals surface area contributed by atoms with Crippen LogP contribution in [0.1, 0.15) is 30.0 Å². The van der Waals surface area contributed by atoms with Crippen molar-refractivity contribution in [1.82, 2.24) is 0 Å². The quantitative estimate of drug-likeness (QED) is 0.277. The molecule has 29 heavy (non-hydrogen) atoms. The van der Waals surface area contributed by atoms with Crippen LogP contribution in [0, 0.1) is 0 Å². The first-order valence-corrected chi connectivity index (χ1v) is 10.5. The smallest absolute Gasteiger partial charge is 0.119 e. The highest BCUT2D eigenvalue weighted by Crippen LogP contribution is 2.36. The average molecular weight is 427 g/mol. The van der Waals surface area contributed by atoms with E-state index in [0.29, 0.717) is 12.5 Å². The molecule has 0 atom stereocenters. The van der Waals surface area contributed by atoms with E-state index in [-0.39, 0.29) is 0 Å². The summed E-state index contributed by atoms with van der Waals surface area (Å²) in [5, 5.41) is 0.732. The van der Waals surface area contributed by atoms with E-state index in [1.807, 2.05) is 36.4 Å². The summed E-state index contributed by atoms with van der Waals surface area (Å²) >= 11 is 11.8. The van der Waals surface area contributed by atoms with Gasteiger partial charge >= 0.3 is 0 Å². The van der Waals surface area contributed by atoms with Crippen molar-refractivity contribution < 1.29 is 9.47 Å². The Balaban J connectivity index is 2.13. The fourth-order valence-electron chi connectivity index (χ4n) is 3.32. The second-order valence-electron chi connectivity index (χ2n) is 6.50. The van der Waals surface area contributed by atoms with Crippen molar-refractivity contribution in [1.29, 1.82) is 0 Å². The largest absolute Gasteiger partial charge is 0.497 e. The van der Waals surface area contributed by atoms with Crippen LogP contribution in [0.15, 0.2) is 72.8 Å². The van der Waals surface area contributed by atoms with Gasteiger partial charge in [-0.2, -0.15) is 0 Å². The summed E-state index contributed by atoms with van der Waals surface area (Å²) in [6.07, 6.45) is 0.882. The Morgan fingerprint density at radius 1 is 0.759 bits per heavy atom. The van der Waals surface area contributed by atoms with Gasteiger partial charge in [-0.15, -0.1) is 11.6 Å². The van der Waals surface area contributed by atoms with Gasteiger partial charge in [-0.3, -0.25) is 0 Å². The Labute approximate surface area is 182 Å². The molecule has 3 rings (SSSR count). The Morgan fingerprint density at radius 3 is 1.76 bits per heavy atom. The van der Waals surface area contributed by atoms with E-state index in [9.17, 15) is 0 Å². The topological polar surface area (TPSA) is 18.5 Å². The van der Waals surface area contributed by atoms with Crippen LogP contribution < -0.4 is 9.47 Å². The minimum Gasteiger partial charge on any atom is -0.497 e. The zero-order chi connectivity index (χ0) is 20.6. The van der Waals surface area contributed by atoms with Crippen LogP contribution in [0.4, 0.5) is 0 Å². The summed E-state index contributed by atoms with van der Waals surface area (Å²) in [7, 11) is 1.68. The minimum atomic E-state index is 0.468. The van der Waals surface area contributed by atoms with E-state index >= 15 is 0 Å². The molecule has 0 saturated carbocycles. The molecule has 2 nitrogen and oxygen atoms in total.